The lowest BCUT2D eigenvalue weighted by Gasteiger charge is -2.16. The minimum Gasteiger partial charge on any atom is -0.354 e. The maximum Gasteiger partial charge on any atom is 0.242 e. The first kappa shape index (κ1) is 16.9. The van der Waals surface area contributed by atoms with Crippen LogP contribution in [-0.4, -0.2) is 35.9 Å². The summed E-state index contributed by atoms with van der Waals surface area (Å²) in [5.41, 5.74) is 1.29. The van der Waals surface area contributed by atoms with Crippen LogP contribution >= 0.6 is 11.8 Å². The molecule has 2 N–H and O–H groups in total. The van der Waals surface area contributed by atoms with Crippen molar-refractivity contribution in [3.8, 4) is 0 Å². The summed E-state index contributed by atoms with van der Waals surface area (Å²) < 4.78 is 0. The van der Waals surface area contributed by atoms with E-state index in [-0.39, 0.29) is 17.9 Å². The molecule has 0 unspecified atom stereocenters. The zero-order valence-electron chi connectivity index (χ0n) is 13.0. The lowest BCUT2D eigenvalue weighted by Crippen LogP contribution is -2.46. The van der Waals surface area contributed by atoms with Gasteiger partial charge in [-0.2, -0.15) is 11.8 Å². The van der Waals surface area contributed by atoms with Gasteiger partial charge in [0.05, 0.1) is 5.75 Å². The Labute approximate surface area is 136 Å². The molecule has 1 fully saturated rings. The molecule has 120 valence electrons. The van der Waals surface area contributed by atoms with Crippen LogP contribution in [0.4, 0.5) is 0 Å². The second-order valence-corrected chi connectivity index (χ2v) is 6.76. The maximum absolute atomic E-state index is 12.0. The Morgan fingerprint density at radius 1 is 1.36 bits per heavy atom. The van der Waals surface area contributed by atoms with Crippen LogP contribution in [0.3, 0.4) is 0 Å². The average molecular weight is 320 g/mol. The first-order valence-electron chi connectivity index (χ1n) is 7.86. The van der Waals surface area contributed by atoms with Crippen molar-refractivity contribution < 1.29 is 9.59 Å². The fourth-order valence-electron chi connectivity index (χ4n) is 2.52. The fourth-order valence-corrected chi connectivity index (χ4v) is 3.45. The van der Waals surface area contributed by atoms with Crippen molar-refractivity contribution in [2.45, 2.75) is 38.1 Å². The number of nitrogens with one attached hydrogen (secondary N) is 2. The number of hydrogen-bond donors (Lipinski definition) is 2. The lowest BCUT2D eigenvalue weighted by molar-refractivity contribution is -0.127. The topological polar surface area (TPSA) is 58.2 Å². The minimum absolute atomic E-state index is 0.0477. The molecule has 22 heavy (non-hydrogen) atoms. The fraction of sp³-hybridized carbons (Fsp3) is 0.529. The van der Waals surface area contributed by atoms with Gasteiger partial charge in [-0.3, -0.25) is 9.59 Å². The highest BCUT2D eigenvalue weighted by molar-refractivity contribution is 7.99. The number of hydrogen-bond acceptors (Lipinski definition) is 3. The van der Waals surface area contributed by atoms with E-state index in [2.05, 4.69) is 29.7 Å². The highest BCUT2D eigenvalue weighted by Crippen LogP contribution is 2.19. The van der Waals surface area contributed by atoms with E-state index in [0.29, 0.717) is 18.2 Å². The molecule has 0 radical (unpaired) electrons. The molecule has 1 aromatic carbocycles. The van der Waals surface area contributed by atoms with Crippen LogP contribution in [-0.2, 0) is 9.59 Å². The van der Waals surface area contributed by atoms with Gasteiger partial charge in [-0.05, 0) is 30.7 Å². The summed E-state index contributed by atoms with van der Waals surface area (Å²) in [6.07, 6.45) is 2.70. The zero-order valence-corrected chi connectivity index (χ0v) is 13.8. The van der Waals surface area contributed by atoms with E-state index in [0.717, 1.165) is 25.0 Å². The Kier molecular flexibility index (Phi) is 6.77. The van der Waals surface area contributed by atoms with E-state index in [4.69, 9.17) is 0 Å². The monoisotopic (exact) mass is 320 g/mol. The number of amides is 2. The third-order valence-electron chi connectivity index (χ3n) is 3.84. The molecule has 1 aromatic rings. The van der Waals surface area contributed by atoms with Crippen LogP contribution < -0.4 is 10.6 Å². The largest absolute Gasteiger partial charge is 0.354 e. The van der Waals surface area contributed by atoms with Crippen LogP contribution in [0.25, 0.3) is 0 Å². The highest BCUT2D eigenvalue weighted by atomic mass is 32.2. The maximum atomic E-state index is 12.0. The van der Waals surface area contributed by atoms with E-state index in [1.807, 2.05) is 18.2 Å². The predicted octanol–water partition coefficient (Wildman–Crippen LogP) is 2.31. The van der Waals surface area contributed by atoms with Gasteiger partial charge in [0.15, 0.2) is 0 Å². The predicted molar refractivity (Wildman–Crippen MR) is 91.0 cm³/mol. The van der Waals surface area contributed by atoms with Gasteiger partial charge in [-0.25, -0.2) is 0 Å². The van der Waals surface area contributed by atoms with E-state index in [1.165, 1.54) is 5.56 Å². The van der Waals surface area contributed by atoms with Crippen molar-refractivity contribution in [3.05, 3.63) is 35.9 Å². The van der Waals surface area contributed by atoms with Crippen LogP contribution in [0.15, 0.2) is 30.3 Å². The third kappa shape index (κ3) is 5.37. The number of carbonyl (C=O) groups excluding carboxylic acids is 2. The first-order chi connectivity index (χ1) is 10.7. The molecule has 0 bridgehead atoms. The molecular weight excluding hydrogens is 296 g/mol. The molecule has 1 aliphatic heterocycles. The molecule has 1 heterocycles. The molecule has 4 nitrogen and oxygen atoms in total. The quantitative estimate of drug-likeness (QED) is 0.845. The van der Waals surface area contributed by atoms with Gasteiger partial charge < -0.3 is 10.6 Å². The minimum atomic E-state index is -0.359. The van der Waals surface area contributed by atoms with E-state index in [1.54, 1.807) is 11.8 Å². The Balaban J connectivity index is 1.70. The van der Waals surface area contributed by atoms with Gasteiger partial charge in [0.25, 0.3) is 0 Å². The summed E-state index contributed by atoms with van der Waals surface area (Å²) in [7, 11) is 0. The molecular formula is C17H24N2O2S. The van der Waals surface area contributed by atoms with Crippen molar-refractivity contribution in [1.29, 1.82) is 0 Å². The number of benzene rings is 1. The molecule has 0 aromatic heterocycles. The summed E-state index contributed by atoms with van der Waals surface area (Å²) in [6, 6.07) is 9.95. The Morgan fingerprint density at radius 2 is 2.14 bits per heavy atom. The summed E-state index contributed by atoms with van der Waals surface area (Å²) in [5, 5.41) is 5.69. The number of rotatable bonds is 6. The average Bonchev–Trinajstić information content (AvgIpc) is 2.73. The molecule has 2 rings (SSSR count). The van der Waals surface area contributed by atoms with E-state index in [9.17, 15) is 9.59 Å². The number of carbonyl (C=O) groups is 2. The lowest BCUT2D eigenvalue weighted by atomic mass is 10.0. The van der Waals surface area contributed by atoms with Gasteiger partial charge in [0.2, 0.25) is 11.8 Å². The molecule has 1 aliphatic rings. The van der Waals surface area contributed by atoms with Gasteiger partial charge in [-0.15, -0.1) is 0 Å². The molecule has 2 amide bonds. The smallest absolute Gasteiger partial charge is 0.242 e. The second-order valence-electron chi connectivity index (χ2n) is 5.73. The Bertz CT molecular complexity index is 493. The highest BCUT2D eigenvalue weighted by Gasteiger charge is 2.22. The second kappa shape index (κ2) is 8.83. The zero-order chi connectivity index (χ0) is 15.8. The summed E-state index contributed by atoms with van der Waals surface area (Å²) in [5.74, 6) is 1.62. The standard InChI is InChI=1S/C17H24N2O2S/c1-13(14-7-3-2-4-8-14)11-22-12-16(20)19-15-9-5-6-10-18-17(15)21/h2-4,7-8,13,15H,5-6,9-12H2,1H3,(H,18,21)(H,19,20)/t13-,15+/m1/s1. The summed E-state index contributed by atoms with van der Waals surface area (Å²) >= 11 is 1.62. The first-order valence-corrected chi connectivity index (χ1v) is 9.02. The van der Waals surface area contributed by atoms with Crippen LogP contribution in [0.5, 0.6) is 0 Å². The van der Waals surface area contributed by atoms with Crippen LogP contribution in [0.1, 0.15) is 37.7 Å². The van der Waals surface area contributed by atoms with Gasteiger partial charge in [-0.1, -0.05) is 37.3 Å². The molecule has 5 heteroatoms. The third-order valence-corrected chi connectivity index (χ3v) is 5.04. The molecule has 0 spiro atoms. The van der Waals surface area contributed by atoms with Gasteiger partial charge >= 0.3 is 0 Å². The van der Waals surface area contributed by atoms with Gasteiger partial charge in [0.1, 0.15) is 6.04 Å². The summed E-state index contributed by atoms with van der Waals surface area (Å²) in [6.45, 7) is 2.88. The van der Waals surface area contributed by atoms with Crippen LogP contribution in [0.2, 0.25) is 0 Å². The number of thioether (sulfide) groups is 1. The molecule has 0 aliphatic carbocycles. The van der Waals surface area contributed by atoms with E-state index >= 15 is 0 Å². The Morgan fingerprint density at radius 3 is 2.91 bits per heavy atom. The summed E-state index contributed by atoms with van der Waals surface area (Å²) in [4.78, 5) is 23.8. The van der Waals surface area contributed by atoms with Crippen LogP contribution in [0, 0.1) is 0 Å². The SMILES string of the molecule is C[C@H](CSCC(=O)N[C@H]1CCCCNC1=O)c1ccccc1. The van der Waals surface area contributed by atoms with Crippen molar-refractivity contribution in [1.82, 2.24) is 10.6 Å². The normalized spacial score (nSPS) is 19.9. The van der Waals surface area contributed by atoms with Gasteiger partial charge in [0, 0.05) is 12.3 Å². The molecule has 1 saturated heterocycles. The molecule has 2 atom stereocenters. The van der Waals surface area contributed by atoms with E-state index < -0.39 is 0 Å². The van der Waals surface area contributed by atoms with Crippen molar-refractivity contribution >= 4 is 23.6 Å². The van der Waals surface area contributed by atoms with Crippen molar-refractivity contribution in [3.63, 3.8) is 0 Å². The van der Waals surface area contributed by atoms with Crippen molar-refractivity contribution in [2.24, 2.45) is 0 Å². The molecule has 0 saturated carbocycles. The Hall–Kier alpha value is -1.49. The van der Waals surface area contributed by atoms with Crippen molar-refractivity contribution in [2.75, 3.05) is 18.1 Å².